The summed E-state index contributed by atoms with van der Waals surface area (Å²) in [4.78, 5) is 13.9. The fourth-order valence-corrected chi connectivity index (χ4v) is 1.74. The van der Waals surface area contributed by atoms with Crippen LogP contribution < -0.4 is 11.0 Å². The van der Waals surface area contributed by atoms with E-state index in [9.17, 15) is 4.79 Å². The van der Waals surface area contributed by atoms with E-state index in [4.69, 9.17) is 0 Å². The summed E-state index contributed by atoms with van der Waals surface area (Å²) in [7, 11) is 0. The molecule has 0 aliphatic heterocycles. The third kappa shape index (κ3) is 3.06. The van der Waals surface area contributed by atoms with Gasteiger partial charge in [-0.25, -0.2) is 10.1 Å². The maximum atomic E-state index is 11.4. The molecule has 0 amide bonds. The lowest BCUT2D eigenvalue weighted by molar-refractivity contribution is 0.880. The third-order valence-electron chi connectivity index (χ3n) is 2.87. The van der Waals surface area contributed by atoms with E-state index in [2.05, 4.69) is 30.8 Å². The molecule has 22 heavy (non-hydrogen) atoms. The SMILES string of the molecule is Cc1nnc(N/N=C\c2cnn(-c3ccccc3)c2)[nH]c1=O. The van der Waals surface area contributed by atoms with Crippen LogP contribution in [0.25, 0.3) is 5.69 Å². The number of anilines is 1. The highest BCUT2D eigenvalue weighted by Gasteiger charge is 1.99. The van der Waals surface area contributed by atoms with Crippen LogP contribution in [0.5, 0.6) is 0 Å². The summed E-state index contributed by atoms with van der Waals surface area (Å²) in [5, 5.41) is 15.7. The highest BCUT2D eigenvalue weighted by Crippen LogP contribution is 2.06. The molecule has 0 spiro atoms. The molecule has 8 heteroatoms. The zero-order valence-corrected chi connectivity index (χ0v) is 11.8. The Balaban J connectivity index is 1.70. The zero-order valence-electron chi connectivity index (χ0n) is 11.8. The Kier molecular flexibility index (Phi) is 3.73. The lowest BCUT2D eigenvalue weighted by Gasteiger charge is -1.98. The van der Waals surface area contributed by atoms with Crippen molar-refractivity contribution in [2.24, 2.45) is 5.10 Å². The fraction of sp³-hybridized carbons (Fsp3) is 0.0714. The molecule has 0 saturated carbocycles. The van der Waals surface area contributed by atoms with Gasteiger partial charge in [0.25, 0.3) is 5.56 Å². The molecule has 0 aliphatic carbocycles. The number of aryl methyl sites for hydroxylation is 1. The van der Waals surface area contributed by atoms with Gasteiger partial charge in [0.1, 0.15) is 5.69 Å². The van der Waals surface area contributed by atoms with Crippen molar-refractivity contribution >= 4 is 12.2 Å². The smallest absolute Gasteiger partial charge is 0.274 e. The second-order valence-electron chi connectivity index (χ2n) is 4.51. The molecular weight excluding hydrogens is 282 g/mol. The van der Waals surface area contributed by atoms with E-state index in [1.165, 1.54) is 0 Å². The van der Waals surface area contributed by atoms with Crippen molar-refractivity contribution in [3.8, 4) is 5.69 Å². The Morgan fingerprint density at radius 3 is 2.86 bits per heavy atom. The fourth-order valence-electron chi connectivity index (χ4n) is 1.74. The lowest BCUT2D eigenvalue weighted by Crippen LogP contribution is -2.15. The van der Waals surface area contributed by atoms with E-state index in [0.29, 0.717) is 5.69 Å². The first kappa shape index (κ1) is 13.7. The summed E-state index contributed by atoms with van der Waals surface area (Å²) < 4.78 is 1.74. The van der Waals surface area contributed by atoms with Crippen molar-refractivity contribution in [2.45, 2.75) is 6.92 Å². The first-order chi connectivity index (χ1) is 10.7. The van der Waals surface area contributed by atoms with Crippen molar-refractivity contribution in [1.82, 2.24) is 25.0 Å². The van der Waals surface area contributed by atoms with Crippen LogP contribution in [0.3, 0.4) is 0 Å². The molecule has 3 aromatic rings. The number of rotatable bonds is 4. The molecule has 0 saturated heterocycles. The van der Waals surface area contributed by atoms with E-state index in [0.717, 1.165) is 11.3 Å². The minimum atomic E-state index is -0.301. The first-order valence-corrected chi connectivity index (χ1v) is 6.55. The predicted octanol–water partition coefficient (Wildman–Crippen LogP) is 1.11. The molecule has 2 heterocycles. The van der Waals surface area contributed by atoms with Gasteiger partial charge >= 0.3 is 0 Å². The van der Waals surface area contributed by atoms with Gasteiger partial charge < -0.3 is 0 Å². The molecule has 1 aromatic carbocycles. The quantitative estimate of drug-likeness (QED) is 0.554. The summed E-state index contributed by atoms with van der Waals surface area (Å²) >= 11 is 0. The standard InChI is InChI=1S/C14H13N7O/c1-10-13(22)17-14(20-18-10)19-15-7-11-8-16-21(9-11)12-5-3-2-4-6-12/h2-9H,1H3,(H2,17,19,20,22)/b15-7-. The van der Waals surface area contributed by atoms with Crippen molar-refractivity contribution < 1.29 is 0 Å². The maximum absolute atomic E-state index is 11.4. The molecule has 110 valence electrons. The molecule has 3 rings (SSSR count). The highest BCUT2D eigenvalue weighted by atomic mass is 16.1. The predicted molar refractivity (Wildman–Crippen MR) is 82.2 cm³/mol. The summed E-state index contributed by atoms with van der Waals surface area (Å²) in [5.41, 5.74) is 4.38. The molecule has 0 unspecified atom stereocenters. The van der Waals surface area contributed by atoms with E-state index in [1.807, 2.05) is 36.5 Å². The molecule has 0 bridgehead atoms. The molecule has 0 aliphatic rings. The van der Waals surface area contributed by atoms with Gasteiger partial charge in [-0.1, -0.05) is 18.2 Å². The van der Waals surface area contributed by atoms with E-state index < -0.39 is 0 Å². The largest absolute Gasteiger partial charge is 0.288 e. The van der Waals surface area contributed by atoms with Crippen molar-refractivity contribution in [1.29, 1.82) is 0 Å². The molecular formula is C14H13N7O. The highest BCUT2D eigenvalue weighted by molar-refractivity contribution is 5.79. The number of aromatic nitrogens is 5. The van der Waals surface area contributed by atoms with Gasteiger partial charge in [-0.05, 0) is 19.1 Å². The van der Waals surface area contributed by atoms with Gasteiger partial charge in [0.15, 0.2) is 0 Å². The normalized spacial score (nSPS) is 11.0. The molecule has 2 aromatic heterocycles. The summed E-state index contributed by atoms with van der Waals surface area (Å²) in [6, 6.07) is 9.75. The Labute approximate surface area is 125 Å². The van der Waals surface area contributed by atoms with Crippen LogP contribution in [0.4, 0.5) is 5.95 Å². The van der Waals surface area contributed by atoms with Crippen molar-refractivity contribution in [2.75, 3.05) is 5.43 Å². The molecule has 0 atom stereocenters. The van der Waals surface area contributed by atoms with Gasteiger partial charge in [0, 0.05) is 11.8 Å². The van der Waals surface area contributed by atoms with Gasteiger partial charge in [-0.3, -0.25) is 9.78 Å². The Bertz CT molecular complexity index is 851. The van der Waals surface area contributed by atoms with Gasteiger partial charge in [0.2, 0.25) is 5.95 Å². The number of nitrogens with zero attached hydrogens (tertiary/aromatic N) is 5. The van der Waals surface area contributed by atoms with Crippen LogP contribution >= 0.6 is 0 Å². The number of aromatic amines is 1. The zero-order chi connectivity index (χ0) is 15.4. The Hall–Kier alpha value is -3.29. The van der Waals surface area contributed by atoms with Crippen molar-refractivity contribution in [3.05, 3.63) is 64.3 Å². The van der Waals surface area contributed by atoms with E-state index >= 15 is 0 Å². The average Bonchev–Trinajstić information content (AvgIpc) is 3.01. The number of hydrogen-bond acceptors (Lipinski definition) is 6. The minimum absolute atomic E-state index is 0.183. The average molecular weight is 295 g/mol. The van der Waals surface area contributed by atoms with Gasteiger partial charge in [0.05, 0.1) is 18.1 Å². The molecule has 0 fully saturated rings. The summed E-state index contributed by atoms with van der Waals surface area (Å²) in [6.07, 6.45) is 5.10. The van der Waals surface area contributed by atoms with Crippen LogP contribution in [0, 0.1) is 6.92 Å². The maximum Gasteiger partial charge on any atom is 0.274 e. The monoisotopic (exact) mass is 295 g/mol. The number of H-pyrrole nitrogens is 1. The van der Waals surface area contributed by atoms with Crippen LogP contribution in [0.2, 0.25) is 0 Å². The number of hydrogen-bond donors (Lipinski definition) is 2. The topological polar surface area (TPSA) is 101 Å². The number of benzene rings is 1. The second-order valence-corrected chi connectivity index (χ2v) is 4.51. The van der Waals surface area contributed by atoms with E-state index in [-0.39, 0.29) is 11.5 Å². The van der Waals surface area contributed by atoms with Gasteiger partial charge in [-0.2, -0.15) is 10.2 Å². The number of nitrogens with one attached hydrogen (secondary N) is 2. The Morgan fingerprint density at radius 1 is 1.27 bits per heavy atom. The summed E-state index contributed by atoms with van der Waals surface area (Å²) in [6.45, 7) is 1.58. The summed E-state index contributed by atoms with van der Waals surface area (Å²) in [5.74, 6) is 0.183. The third-order valence-corrected chi connectivity index (χ3v) is 2.87. The van der Waals surface area contributed by atoms with Gasteiger partial charge in [-0.15, -0.1) is 10.2 Å². The van der Waals surface area contributed by atoms with Crippen LogP contribution in [-0.4, -0.2) is 31.2 Å². The molecule has 2 N–H and O–H groups in total. The minimum Gasteiger partial charge on any atom is -0.288 e. The number of para-hydroxylation sites is 1. The van der Waals surface area contributed by atoms with Crippen LogP contribution in [-0.2, 0) is 0 Å². The lowest BCUT2D eigenvalue weighted by atomic mass is 10.3. The number of hydrazone groups is 1. The van der Waals surface area contributed by atoms with E-state index in [1.54, 1.807) is 24.0 Å². The van der Waals surface area contributed by atoms with Crippen molar-refractivity contribution in [3.63, 3.8) is 0 Å². The Morgan fingerprint density at radius 2 is 2.09 bits per heavy atom. The van der Waals surface area contributed by atoms with Crippen LogP contribution in [0.15, 0.2) is 52.6 Å². The molecule has 0 radical (unpaired) electrons. The second kappa shape index (κ2) is 6.00. The van der Waals surface area contributed by atoms with Crippen LogP contribution in [0.1, 0.15) is 11.3 Å². The first-order valence-electron chi connectivity index (χ1n) is 6.55. The molecule has 8 nitrogen and oxygen atoms in total.